The van der Waals surface area contributed by atoms with Gasteiger partial charge in [-0.1, -0.05) is 36.4 Å². The summed E-state index contributed by atoms with van der Waals surface area (Å²) in [5, 5.41) is 4.83. The second-order valence-electron chi connectivity index (χ2n) is 6.08. The van der Waals surface area contributed by atoms with Crippen LogP contribution in [-0.4, -0.2) is 27.4 Å². The molecule has 6 nitrogen and oxygen atoms in total. The van der Waals surface area contributed by atoms with Gasteiger partial charge in [0.05, 0.1) is 27.0 Å². The molecular formula is C21H19NO5. The van der Waals surface area contributed by atoms with Crippen molar-refractivity contribution in [2.75, 3.05) is 26.6 Å². The monoisotopic (exact) mass is 365 g/mol. The Labute approximate surface area is 156 Å². The van der Waals surface area contributed by atoms with Gasteiger partial charge >= 0.3 is 6.09 Å². The van der Waals surface area contributed by atoms with Crippen LogP contribution in [0.1, 0.15) is 17.2 Å². The molecular weight excluding hydrogens is 346 g/mol. The molecule has 0 bridgehead atoms. The predicted molar refractivity (Wildman–Crippen MR) is 102 cm³/mol. The van der Waals surface area contributed by atoms with Gasteiger partial charge in [0.25, 0.3) is 0 Å². The van der Waals surface area contributed by atoms with Crippen LogP contribution >= 0.6 is 0 Å². The first-order valence-electron chi connectivity index (χ1n) is 8.46. The Morgan fingerprint density at radius 1 is 0.852 bits per heavy atom. The van der Waals surface area contributed by atoms with Gasteiger partial charge in [0, 0.05) is 16.5 Å². The fraction of sp³-hybridized carbons (Fsp3) is 0.190. The van der Waals surface area contributed by atoms with Gasteiger partial charge in [-0.2, -0.15) is 0 Å². The lowest BCUT2D eigenvalue weighted by molar-refractivity contribution is 0.125. The van der Waals surface area contributed by atoms with Gasteiger partial charge in [-0.05, 0) is 17.5 Å². The van der Waals surface area contributed by atoms with E-state index in [1.165, 1.54) is 0 Å². The Morgan fingerprint density at radius 2 is 1.59 bits per heavy atom. The van der Waals surface area contributed by atoms with Crippen molar-refractivity contribution in [1.82, 2.24) is 0 Å². The van der Waals surface area contributed by atoms with E-state index in [0.29, 0.717) is 22.8 Å². The van der Waals surface area contributed by atoms with Crippen molar-refractivity contribution >= 4 is 22.6 Å². The van der Waals surface area contributed by atoms with E-state index >= 15 is 0 Å². The van der Waals surface area contributed by atoms with E-state index in [1.54, 1.807) is 27.4 Å². The lowest BCUT2D eigenvalue weighted by Gasteiger charge is -2.29. The molecule has 1 amide bonds. The highest BCUT2D eigenvalue weighted by atomic mass is 16.6. The van der Waals surface area contributed by atoms with E-state index in [2.05, 4.69) is 5.32 Å². The SMILES string of the molecule is COc1ccc(C2OC(=O)Nc3c2ccc2ccccc32)c(OC)c1OC. The minimum absolute atomic E-state index is 0.453. The molecule has 1 heterocycles. The van der Waals surface area contributed by atoms with Crippen LogP contribution in [0.4, 0.5) is 10.5 Å². The molecule has 0 spiro atoms. The van der Waals surface area contributed by atoms with E-state index in [4.69, 9.17) is 18.9 Å². The van der Waals surface area contributed by atoms with Gasteiger partial charge in [0.1, 0.15) is 0 Å². The van der Waals surface area contributed by atoms with Gasteiger partial charge in [-0.25, -0.2) is 4.79 Å². The topological polar surface area (TPSA) is 66.0 Å². The van der Waals surface area contributed by atoms with Crippen LogP contribution in [0.15, 0.2) is 48.5 Å². The Bertz CT molecular complexity index is 1030. The first kappa shape index (κ1) is 17.0. The van der Waals surface area contributed by atoms with E-state index in [-0.39, 0.29) is 0 Å². The number of carbonyl (C=O) groups is 1. The molecule has 6 heteroatoms. The smallest absolute Gasteiger partial charge is 0.412 e. The van der Waals surface area contributed by atoms with Crippen molar-refractivity contribution in [2.45, 2.75) is 6.10 Å². The second-order valence-corrected chi connectivity index (χ2v) is 6.08. The number of nitrogens with one attached hydrogen (secondary N) is 1. The average Bonchev–Trinajstić information content (AvgIpc) is 2.71. The molecule has 3 aromatic carbocycles. The van der Waals surface area contributed by atoms with Crippen LogP contribution in [0.25, 0.3) is 10.8 Å². The maximum Gasteiger partial charge on any atom is 0.412 e. The number of rotatable bonds is 4. The van der Waals surface area contributed by atoms with Gasteiger partial charge in [-0.15, -0.1) is 0 Å². The summed E-state index contributed by atoms with van der Waals surface area (Å²) >= 11 is 0. The molecule has 1 unspecified atom stereocenters. The first-order chi connectivity index (χ1) is 13.2. The summed E-state index contributed by atoms with van der Waals surface area (Å²) in [6.45, 7) is 0. The zero-order chi connectivity index (χ0) is 19.0. The van der Waals surface area contributed by atoms with Crippen LogP contribution in [-0.2, 0) is 4.74 Å². The molecule has 138 valence electrons. The van der Waals surface area contributed by atoms with Crippen LogP contribution in [0, 0.1) is 0 Å². The number of methoxy groups -OCH3 is 3. The van der Waals surface area contributed by atoms with Gasteiger partial charge in [-0.3, -0.25) is 5.32 Å². The third kappa shape index (κ3) is 2.70. The lowest BCUT2D eigenvalue weighted by Crippen LogP contribution is -2.25. The summed E-state index contributed by atoms with van der Waals surface area (Å²) < 4.78 is 22.0. The number of ether oxygens (including phenoxy) is 4. The molecule has 0 saturated heterocycles. The third-order valence-corrected chi connectivity index (χ3v) is 4.71. The minimum atomic E-state index is -0.631. The van der Waals surface area contributed by atoms with Crippen LogP contribution in [0.2, 0.25) is 0 Å². The van der Waals surface area contributed by atoms with E-state index < -0.39 is 12.2 Å². The van der Waals surface area contributed by atoms with Crippen molar-refractivity contribution in [3.05, 3.63) is 59.7 Å². The van der Waals surface area contributed by atoms with E-state index in [0.717, 1.165) is 22.0 Å². The van der Waals surface area contributed by atoms with E-state index in [9.17, 15) is 4.79 Å². The number of benzene rings is 3. The highest BCUT2D eigenvalue weighted by molar-refractivity contribution is 6.03. The largest absolute Gasteiger partial charge is 0.493 e. The zero-order valence-corrected chi connectivity index (χ0v) is 15.2. The molecule has 1 aliphatic rings. The van der Waals surface area contributed by atoms with Gasteiger partial charge < -0.3 is 18.9 Å². The standard InChI is InChI=1S/C21H19NO5/c1-24-16-11-10-15(19(25-2)20(16)26-3)18-14-9-8-12-6-4-5-7-13(12)17(14)22-21(23)27-18/h4-11,18H,1-3H3,(H,22,23). The highest BCUT2D eigenvalue weighted by Gasteiger charge is 2.32. The predicted octanol–water partition coefficient (Wildman–Crippen LogP) is 4.52. The summed E-state index contributed by atoms with van der Waals surface area (Å²) in [7, 11) is 4.65. The molecule has 27 heavy (non-hydrogen) atoms. The number of hydrogen-bond donors (Lipinski definition) is 1. The molecule has 0 aliphatic carbocycles. The third-order valence-electron chi connectivity index (χ3n) is 4.71. The fourth-order valence-corrected chi connectivity index (χ4v) is 3.51. The van der Waals surface area contributed by atoms with Crippen LogP contribution in [0.5, 0.6) is 17.2 Å². The summed E-state index contributed by atoms with van der Waals surface area (Å²) in [6, 6.07) is 15.4. The Hall–Kier alpha value is -3.41. The Morgan fingerprint density at radius 3 is 2.33 bits per heavy atom. The van der Waals surface area contributed by atoms with E-state index in [1.807, 2.05) is 42.5 Å². The van der Waals surface area contributed by atoms with Crippen molar-refractivity contribution in [3.63, 3.8) is 0 Å². The van der Waals surface area contributed by atoms with Crippen LogP contribution in [0.3, 0.4) is 0 Å². The number of cyclic esters (lactones) is 1. The van der Waals surface area contributed by atoms with Crippen molar-refractivity contribution in [1.29, 1.82) is 0 Å². The number of hydrogen-bond acceptors (Lipinski definition) is 5. The number of amides is 1. The number of carbonyl (C=O) groups excluding carboxylic acids is 1. The fourth-order valence-electron chi connectivity index (χ4n) is 3.51. The highest BCUT2D eigenvalue weighted by Crippen LogP contribution is 2.47. The lowest BCUT2D eigenvalue weighted by atomic mass is 9.94. The van der Waals surface area contributed by atoms with Gasteiger partial charge in [0.2, 0.25) is 5.75 Å². The summed E-state index contributed by atoms with van der Waals surface area (Å²) in [6.07, 6.45) is -1.14. The molecule has 0 aromatic heterocycles. The summed E-state index contributed by atoms with van der Waals surface area (Å²) in [4.78, 5) is 12.3. The van der Waals surface area contributed by atoms with Crippen molar-refractivity contribution in [2.24, 2.45) is 0 Å². The maximum atomic E-state index is 12.3. The quantitative estimate of drug-likeness (QED) is 0.736. The number of fused-ring (bicyclic) bond motifs is 3. The molecule has 0 saturated carbocycles. The summed E-state index contributed by atoms with van der Waals surface area (Å²) in [5.74, 6) is 1.46. The van der Waals surface area contributed by atoms with Crippen molar-refractivity contribution < 1.29 is 23.7 Å². The molecule has 0 radical (unpaired) electrons. The molecule has 1 aliphatic heterocycles. The normalized spacial score (nSPS) is 15.5. The van der Waals surface area contributed by atoms with Crippen LogP contribution < -0.4 is 19.5 Å². The molecule has 0 fully saturated rings. The summed E-state index contributed by atoms with van der Waals surface area (Å²) in [5.41, 5.74) is 2.27. The average molecular weight is 365 g/mol. The zero-order valence-electron chi connectivity index (χ0n) is 15.2. The minimum Gasteiger partial charge on any atom is -0.493 e. The molecule has 1 N–H and O–H groups in total. The van der Waals surface area contributed by atoms with Crippen molar-refractivity contribution in [3.8, 4) is 17.2 Å². The maximum absolute atomic E-state index is 12.3. The first-order valence-corrected chi connectivity index (χ1v) is 8.46. The second kappa shape index (κ2) is 6.72. The molecule has 4 rings (SSSR count). The Balaban J connectivity index is 1.94. The Kier molecular flexibility index (Phi) is 4.24. The number of anilines is 1. The molecule has 3 aromatic rings. The van der Waals surface area contributed by atoms with Gasteiger partial charge in [0.15, 0.2) is 17.6 Å². The molecule has 1 atom stereocenters.